The van der Waals surface area contributed by atoms with E-state index in [0.717, 1.165) is 31.8 Å². The summed E-state index contributed by atoms with van der Waals surface area (Å²) in [5, 5.41) is 3.42. The van der Waals surface area contributed by atoms with Gasteiger partial charge in [0.15, 0.2) is 0 Å². The first-order chi connectivity index (χ1) is 10.5. The van der Waals surface area contributed by atoms with E-state index < -0.39 is 0 Å². The Labute approximate surface area is 136 Å². The molecule has 0 aromatic heterocycles. The second kappa shape index (κ2) is 7.98. The SMILES string of the molecule is Cc1cc(OC(C)C)c(C(C)C)cc1CCN1CCNCC1. The molecule has 22 heavy (non-hydrogen) atoms. The summed E-state index contributed by atoms with van der Waals surface area (Å²) in [6.07, 6.45) is 1.36. The number of aryl methyl sites for hydroxylation is 1. The standard InChI is InChI=1S/C19H32N2O/c1-14(2)18-13-17(6-9-21-10-7-20-8-11-21)16(5)12-19(18)22-15(3)4/h12-15,20H,6-11H2,1-5H3. The summed E-state index contributed by atoms with van der Waals surface area (Å²) in [5.41, 5.74) is 4.17. The quantitative estimate of drug-likeness (QED) is 0.872. The van der Waals surface area contributed by atoms with Gasteiger partial charge in [0.2, 0.25) is 0 Å². The van der Waals surface area contributed by atoms with Gasteiger partial charge in [-0.05, 0) is 55.9 Å². The Bertz CT molecular complexity index is 477. The Morgan fingerprint density at radius 1 is 1.14 bits per heavy atom. The highest BCUT2D eigenvalue weighted by Gasteiger charge is 2.14. The van der Waals surface area contributed by atoms with Gasteiger partial charge in [-0.25, -0.2) is 0 Å². The maximum Gasteiger partial charge on any atom is 0.123 e. The lowest BCUT2D eigenvalue weighted by Crippen LogP contribution is -2.44. The molecule has 0 spiro atoms. The van der Waals surface area contributed by atoms with Crippen LogP contribution in [0.25, 0.3) is 0 Å². The van der Waals surface area contributed by atoms with E-state index in [9.17, 15) is 0 Å². The van der Waals surface area contributed by atoms with Crippen LogP contribution in [0.4, 0.5) is 0 Å². The predicted molar refractivity (Wildman–Crippen MR) is 94.0 cm³/mol. The van der Waals surface area contributed by atoms with Crippen LogP contribution in [0.5, 0.6) is 5.75 Å². The minimum absolute atomic E-state index is 0.226. The van der Waals surface area contributed by atoms with E-state index >= 15 is 0 Å². The zero-order valence-corrected chi connectivity index (χ0v) is 14.9. The lowest BCUT2D eigenvalue weighted by atomic mass is 9.95. The normalized spacial score (nSPS) is 16.5. The monoisotopic (exact) mass is 304 g/mol. The van der Waals surface area contributed by atoms with Crippen molar-refractivity contribution in [1.82, 2.24) is 10.2 Å². The number of ether oxygens (including phenoxy) is 1. The van der Waals surface area contributed by atoms with Gasteiger partial charge in [-0.3, -0.25) is 0 Å². The maximum absolute atomic E-state index is 6.02. The lowest BCUT2D eigenvalue weighted by Gasteiger charge is -2.27. The molecular formula is C19H32N2O. The molecule has 0 amide bonds. The topological polar surface area (TPSA) is 24.5 Å². The van der Waals surface area contributed by atoms with E-state index in [1.165, 1.54) is 29.8 Å². The van der Waals surface area contributed by atoms with E-state index in [1.807, 2.05) is 0 Å². The average Bonchev–Trinajstić information content (AvgIpc) is 2.46. The van der Waals surface area contributed by atoms with Crippen molar-refractivity contribution in [1.29, 1.82) is 0 Å². The van der Waals surface area contributed by atoms with Gasteiger partial charge in [-0.15, -0.1) is 0 Å². The minimum atomic E-state index is 0.226. The van der Waals surface area contributed by atoms with Crippen LogP contribution in [-0.2, 0) is 6.42 Å². The second-order valence-electron chi connectivity index (χ2n) is 6.98. The molecule has 0 aliphatic carbocycles. The van der Waals surface area contributed by atoms with Crippen LogP contribution in [0.2, 0.25) is 0 Å². The number of nitrogens with zero attached hydrogens (tertiary/aromatic N) is 1. The van der Waals surface area contributed by atoms with Crippen molar-refractivity contribution in [3.05, 3.63) is 28.8 Å². The Kier molecular flexibility index (Phi) is 6.27. The van der Waals surface area contributed by atoms with E-state index in [-0.39, 0.29) is 6.10 Å². The average molecular weight is 304 g/mol. The van der Waals surface area contributed by atoms with Crippen molar-refractivity contribution >= 4 is 0 Å². The first-order valence-electron chi connectivity index (χ1n) is 8.70. The zero-order valence-electron chi connectivity index (χ0n) is 14.9. The summed E-state index contributed by atoms with van der Waals surface area (Å²) in [5.74, 6) is 1.56. The van der Waals surface area contributed by atoms with Crippen LogP contribution in [0.3, 0.4) is 0 Å². The highest BCUT2D eigenvalue weighted by molar-refractivity contribution is 5.44. The van der Waals surface area contributed by atoms with Crippen molar-refractivity contribution in [2.75, 3.05) is 32.7 Å². The molecule has 1 aliphatic heterocycles. The Morgan fingerprint density at radius 3 is 2.41 bits per heavy atom. The van der Waals surface area contributed by atoms with Crippen molar-refractivity contribution < 1.29 is 4.74 Å². The predicted octanol–water partition coefficient (Wildman–Crippen LogP) is 3.35. The fraction of sp³-hybridized carbons (Fsp3) is 0.684. The van der Waals surface area contributed by atoms with Crippen molar-refractivity contribution in [2.45, 2.75) is 53.1 Å². The molecule has 3 heteroatoms. The van der Waals surface area contributed by atoms with Crippen molar-refractivity contribution in [3.8, 4) is 5.75 Å². The Morgan fingerprint density at radius 2 is 1.82 bits per heavy atom. The maximum atomic E-state index is 6.02. The highest BCUT2D eigenvalue weighted by Crippen LogP contribution is 2.31. The highest BCUT2D eigenvalue weighted by atomic mass is 16.5. The molecule has 1 fully saturated rings. The molecule has 0 unspecified atom stereocenters. The van der Waals surface area contributed by atoms with Crippen molar-refractivity contribution in [2.24, 2.45) is 0 Å². The summed E-state index contributed by atoms with van der Waals surface area (Å²) in [7, 11) is 0. The van der Waals surface area contributed by atoms with Crippen LogP contribution in [-0.4, -0.2) is 43.7 Å². The Hall–Kier alpha value is -1.06. The molecule has 0 saturated carbocycles. The number of benzene rings is 1. The van der Waals surface area contributed by atoms with Gasteiger partial charge < -0.3 is 15.0 Å². The van der Waals surface area contributed by atoms with Gasteiger partial charge >= 0.3 is 0 Å². The molecule has 1 aromatic rings. The molecule has 0 atom stereocenters. The van der Waals surface area contributed by atoms with Crippen molar-refractivity contribution in [3.63, 3.8) is 0 Å². The first-order valence-corrected chi connectivity index (χ1v) is 8.70. The molecule has 1 heterocycles. The zero-order chi connectivity index (χ0) is 16.1. The summed E-state index contributed by atoms with van der Waals surface area (Å²) in [4.78, 5) is 2.56. The second-order valence-corrected chi connectivity index (χ2v) is 6.98. The smallest absolute Gasteiger partial charge is 0.123 e. The molecule has 0 radical (unpaired) electrons. The van der Waals surface area contributed by atoms with Gasteiger partial charge in [0.1, 0.15) is 5.75 Å². The third kappa shape index (κ3) is 4.72. The molecule has 1 aliphatic rings. The molecule has 3 nitrogen and oxygen atoms in total. The molecule has 1 aromatic carbocycles. The van der Waals surface area contributed by atoms with Gasteiger partial charge in [-0.1, -0.05) is 19.9 Å². The van der Waals surface area contributed by atoms with Crippen LogP contribution >= 0.6 is 0 Å². The van der Waals surface area contributed by atoms with Crippen LogP contribution in [0, 0.1) is 6.92 Å². The minimum Gasteiger partial charge on any atom is -0.491 e. The summed E-state index contributed by atoms with van der Waals surface area (Å²) in [6.45, 7) is 16.6. The summed E-state index contributed by atoms with van der Waals surface area (Å²) >= 11 is 0. The third-order valence-electron chi connectivity index (χ3n) is 4.36. The summed E-state index contributed by atoms with van der Waals surface area (Å²) in [6, 6.07) is 4.61. The number of nitrogens with one attached hydrogen (secondary N) is 1. The molecule has 1 saturated heterocycles. The number of rotatable bonds is 6. The molecule has 2 rings (SSSR count). The molecule has 1 N–H and O–H groups in total. The largest absolute Gasteiger partial charge is 0.491 e. The number of hydrogen-bond donors (Lipinski definition) is 1. The van der Waals surface area contributed by atoms with Gasteiger partial charge in [0.05, 0.1) is 6.10 Å². The van der Waals surface area contributed by atoms with Crippen LogP contribution < -0.4 is 10.1 Å². The third-order valence-corrected chi connectivity index (χ3v) is 4.36. The van der Waals surface area contributed by atoms with E-state index in [4.69, 9.17) is 4.74 Å². The van der Waals surface area contributed by atoms with E-state index in [1.54, 1.807) is 0 Å². The fourth-order valence-electron chi connectivity index (χ4n) is 3.04. The fourth-order valence-corrected chi connectivity index (χ4v) is 3.04. The van der Waals surface area contributed by atoms with E-state index in [0.29, 0.717) is 5.92 Å². The number of piperazine rings is 1. The van der Waals surface area contributed by atoms with Gasteiger partial charge in [0, 0.05) is 32.7 Å². The molecule has 0 bridgehead atoms. The van der Waals surface area contributed by atoms with Crippen LogP contribution in [0.15, 0.2) is 12.1 Å². The lowest BCUT2D eigenvalue weighted by molar-refractivity contribution is 0.238. The van der Waals surface area contributed by atoms with E-state index in [2.05, 4.69) is 57.0 Å². The number of hydrogen-bond acceptors (Lipinski definition) is 3. The van der Waals surface area contributed by atoms with Crippen LogP contribution in [0.1, 0.15) is 50.3 Å². The van der Waals surface area contributed by atoms with Gasteiger partial charge in [0.25, 0.3) is 0 Å². The molecular weight excluding hydrogens is 272 g/mol. The summed E-state index contributed by atoms with van der Waals surface area (Å²) < 4.78 is 6.02. The molecule has 124 valence electrons. The first kappa shape index (κ1) is 17.3. The Balaban J connectivity index is 2.11. The van der Waals surface area contributed by atoms with Gasteiger partial charge in [-0.2, -0.15) is 0 Å².